The van der Waals surface area contributed by atoms with E-state index in [1.165, 1.54) is 0 Å². The van der Waals surface area contributed by atoms with E-state index in [-0.39, 0.29) is 11.1 Å². The van der Waals surface area contributed by atoms with E-state index in [1.807, 2.05) is 0 Å². The van der Waals surface area contributed by atoms with Crippen molar-refractivity contribution in [1.29, 1.82) is 0 Å². The number of halogens is 1. The predicted molar refractivity (Wildman–Crippen MR) is 57.9 cm³/mol. The molecule has 5 heteroatoms. The second-order valence-corrected chi connectivity index (χ2v) is 4.03. The largest absolute Gasteiger partial charge is 0.465 e. The molecule has 1 fully saturated rings. The Kier molecular flexibility index (Phi) is 4.73. The van der Waals surface area contributed by atoms with Crippen LogP contribution in [-0.2, 0) is 19.1 Å². The first-order chi connectivity index (χ1) is 7.17. The molecule has 0 aromatic rings. The van der Waals surface area contributed by atoms with Crippen LogP contribution < -0.4 is 0 Å². The smallest absolute Gasteiger partial charge is 0.319 e. The first kappa shape index (κ1) is 12.6. The highest BCUT2D eigenvalue weighted by atomic mass is 79.9. The standard InChI is InChI=1S/C10H15BrO4/c1-2-15-9(13)10(8(12)7-11)3-5-14-6-4-10/h2-7H2,1H3. The molecule has 1 aliphatic rings. The summed E-state index contributed by atoms with van der Waals surface area (Å²) in [6, 6.07) is 0. The highest BCUT2D eigenvalue weighted by Gasteiger charge is 2.47. The number of ether oxygens (including phenoxy) is 2. The van der Waals surface area contributed by atoms with Gasteiger partial charge in [0.15, 0.2) is 5.78 Å². The highest BCUT2D eigenvalue weighted by molar-refractivity contribution is 9.09. The zero-order valence-corrected chi connectivity index (χ0v) is 10.3. The van der Waals surface area contributed by atoms with E-state index < -0.39 is 11.4 Å². The maximum atomic E-state index is 11.8. The SMILES string of the molecule is CCOC(=O)C1(C(=O)CBr)CCOCC1. The van der Waals surface area contributed by atoms with E-state index >= 15 is 0 Å². The van der Waals surface area contributed by atoms with Crippen LogP contribution in [-0.4, -0.2) is 36.9 Å². The Labute approximate surface area is 97.4 Å². The molecule has 0 aliphatic carbocycles. The van der Waals surface area contributed by atoms with Gasteiger partial charge in [-0.1, -0.05) is 15.9 Å². The monoisotopic (exact) mass is 278 g/mol. The second-order valence-electron chi connectivity index (χ2n) is 3.47. The van der Waals surface area contributed by atoms with Gasteiger partial charge in [0.05, 0.1) is 11.9 Å². The van der Waals surface area contributed by atoms with Crippen molar-refractivity contribution in [2.75, 3.05) is 25.2 Å². The zero-order chi connectivity index (χ0) is 11.3. The summed E-state index contributed by atoms with van der Waals surface area (Å²) in [5, 5.41) is 0.186. The maximum absolute atomic E-state index is 11.8. The zero-order valence-electron chi connectivity index (χ0n) is 8.75. The van der Waals surface area contributed by atoms with Gasteiger partial charge in [-0.2, -0.15) is 0 Å². The fourth-order valence-electron chi connectivity index (χ4n) is 1.71. The minimum Gasteiger partial charge on any atom is -0.465 e. The topological polar surface area (TPSA) is 52.6 Å². The van der Waals surface area contributed by atoms with Gasteiger partial charge in [-0.3, -0.25) is 9.59 Å². The first-order valence-corrected chi connectivity index (χ1v) is 6.13. The third-order valence-corrected chi connectivity index (χ3v) is 3.18. The molecule has 1 aliphatic heterocycles. The van der Waals surface area contributed by atoms with Gasteiger partial charge in [0.25, 0.3) is 0 Å². The van der Waals surface area contributed by atoms with Crippen molar-refractivity contribution in [3.63, 3.8) is 0 Å². The van der Waals surface area contributed by atoms with Crippen LogP contribution in [0.2, 0.25) is 0 Å². The van der Waals surface area contributed by atoms with Crippen LogP contribution in [0.1, 0.15) is 19.8 Å². The summed E-state index contributed by atoms with van der Waals surface area (Å²) in [6.45, 7) is 2.93. The lowest BCUT2D eigenvalue weighted by molar-refractivity contribution is -0.165. The van der Waals surface area contributed by atoms with Crippen LogP contribution in [0.3, 0.4) is 0 Å². The van der Waals surface area contributed by atoms with Gasteiger partial charge in [0, 0.05) is 13.2 Å². The van der Waals surface area contributed by atoms with Crippen LogP contribution in [0.4, 0.5) is 0 Å². The maximum Gasteiger partial charge on any atom is 0.319 e. The third-order valence-electron chi connectivity index (χ3n) is 2.67. The van der Waals surface area contributed by atoms with Crippen molar-refractivity contribution < 1.29 is 19.1 Å². The van der Waals surface area contributed by atoms with E-state index in [9.17, 15) is 9.59 Å². The Morgan fingerprint density at radius 3 is 2.47 bits per heavy atom. The van der Waals surface area contributed by atoms with Gasteiger partial charge in [0.1, 0.15) is 5.41 Å². The summed E-state index contributed by atoms with van der Waals surface area (Å²) < 4.78 is 10.1. The third kappa shape index (κ3) is 2.58. The quantitative estimate of drug-likeness (QED) is 0.442. The molecule has 86 valence electrons. The van der Waals surface area contributed by atoms with Gasteiger partial charge in [-0.15, -0.1) is 0 Å². The summed E-state index contributed by atoms with van der Waals surface area (Å²) in [5.74, 6) is -0.512. The van der Waals surface area contributed by atoms with Gasteiger partial charge < -0.3 is 9.47 Å². The molecule has 0 aromatic heterocycles. The minimum absolute atomic E-state index is 0.107. The lowest BCUT2D eigenvalue weighted by atomic mass is 9.77. The molecule has 0 atom stereocenters. The van der Waals surface area contributed by atoms with Gasteiger partial charge in [-0.25, -0.2) is 0 Å². The number of hydrogen-bond donors (Lipinski definition) is 0. The summed E-state index contributed by atoms with van der Waals surface area (Å²) in [7, 11) is 0. The summed E-state index contributed by atoms with van der Waals surface area (Å²) in [6.07, 6.45) is 0.854. The number of ketones is 1. The van der Waals surface area contributed by atoms with E-state index in [1.54, 1.807) is 6.92 Å². The number of hydrogen-bond acceptors (Lipinski definition) is 4. The second kappa shape index (κ2) is 5.61. The fourth-order valence-corrected chi connectivity index (χ4v) is 2.25. The van der Waals surface area contributed by atoms with Crippen molar-refractivity contribution in [1.82, 2.24) is 0 Å². The van der Waals surface area contributed by atoms with Crippen LogP contribution in [0.5, 0.6) is 0 Å². The summed E-state index contributed by atoms with van der Waals surface area (Å²) in [4.78, 5) is 23.6. The number of carbonyl (C=O) groups excluding carboxylic acids is 2. The number of rotatable bonds is 4. The molecule has 1 rings (SSSR count). The van der Waals surface area contributed by atoms with E-state index in [0.717, 1.165) is 0 Å². The van der Waals surface area contributed by atoms with Gasteiger partial charge >= 0.3 is 5.97 Å². The van der Waals surface area contributed by atoms with Gasteiger partial charge in [-0.05, 0) is 19.8 Å². The Hall–Kier alpha value is -0.420. The Morgan fingerprint density at radius 2 is 2.00 bits per heavy atom. The average molecular weight is 279 g/mol. The number of carbonyl (C=O) groups is 2. The van der Waals surface area contributed by atoms with Crippen LogP contribution in [0.25, 0.3) is 0 Å². The molecule has 1 heterocycles. The predicted octanol–water partition coefficient (Wildman–Crippen LogP) is 1.31. The average Bonchev–Trinajstić information content (AvgIpc) is 2.29. The molecule has 0 aromatic carbocycles. The van der Waals surface area contributed by atoms with Crippen LogP contribution in [0.15, 0.2) is 0 Å². The number of alkyl halides is 1. The molecular formula is C10H15BrO4. The molecule has 0 spiro atoms. The van der Waals surface area contributed by atoms with E-state index in [2.05, 4.69) is 15.9 Å². The molecule has 15 heavy (non-hydrogen) atoms. The van der Waals surface area contributed by atoms with Crippen LogP contribution in [0, 0.1) is 5.41 Å². The molecule has 0 unspecified atom stereocenters. The molecule has 0 N–H and O–H groups in total. The normalized spacial score (nSPS) is 19.6. The molecule has 0 bridgehead atoms. The van der Waals surface area contributed by atoms with Gasteiger partial charge in [0.2, 0.25) is 0 Å². The molecule has 0 saturated carbocycles. The Bertz CT molecular complexity index is 246. The van der Waals surface area contributed by atoms with Crippen molar-refractivity contribution in [3.05, 3.63) is 0 Å². The van der Waals surface area contributed by atoms with Crippen molar-refractivity contribution in [2.24, 2.45) is 5.41 Å². The van der Waals surface area contributed by atoms with E-state index in [0.29, 0.717) is 32.7 Å². The van der Waals surface area contributed by atoms with E-state index in [4.69, 9.17) is 9.47 Å². The van der Waals surface area contributed by atoms with Crippen molar-refractivity contribution in [2.45, 2.75) is 19.8 Å². The molecule has 1 saturated heterocycles. The highest BCUT2D eigenvalue weighted by Crippen LogP contribution is 2.33. The Balaban J connectivity index is 2.84. The summed E-state index contributed by atoms with van der Waals surface area (Å²) >= 11 is 3.11. The fraction of sp³-hybridized carbons (Fsp3) is 0.800. The lowest BCUT2D eigenvalue weighted by Gasteiger charge is -2.32. The van der Waals surface area contributed by atoms with Crippen molar-refractivity contribution >= 4 is 27.7 Å². The molecule has 4 nitrogen and oxygen atoms in total. The Morgan fingerprint density at radius 1 is 1.40 bits per heavy atom. The lowest BCUT2D eigenvalue weighted by Crippen LogP contribution is -2.45. The van der Waals surface area contributed by atoms with Crippen molar-refractivity contribution in [3.8, 4) is 0 Å². The molecule has 0 radical (unpaired) electrons. The number of esters is 1. The van der Waals surface area contributed by atoms with Crippen LogP contribution >= 0.6 is 15.9 Å². The first-order valence-electron chi connectivity index (χ1n) is 5.01. The minimum atomic E-state index is -0.974. The summed E-state index contributed by atoms with van der Waals surface area (Å²) in [5.41, 5.74) is -0.974. The molecule has 0 amide bonds. The molecular weight excluding hydrogens is 264 g/mol. The number of Topliss-reactive ketones (excluding diaryl/α,β-unsaturated/α-hetero) is 1.